The van der Waals surface area contributed by atoms with Crippen LogP contribution in [0, 0.1) is 0 Å². The van der Waals surface area contributed by atoms with E-state index >= 15 is 0 Å². The van der Waals surface area contributed by atoms with Crippen molar-refractivity contribution in [3.8, 4) is 5.75 Å². The zero-order valence-electron chi connectivity index (χ0n) is 12.6. The number of aromatic nitrogens is 1. The van der Waals surface area contributed by atoms with Crippen LogP contribution in [0.3, 0.4) is 0 Å². The minimum absolute atomic E-state index is 0.0957. The Hall–Kier alpha value is -2.60. The predicted molar refractivity (Wildman–Crippen MR) is 91.0 cm³/mol. The average Bonchev–Trinajstić information content (AvgIpc) is 3.05. The number of thiophene rings is 1. The monoisotopic (exact) mass is 328 g/mol. The van der Waals surface area contributed by atoms with Crippen molar-refractivity contribution >= 4 is 28.1 Å². The van der Waals surface area contributed by atoms with Crippen LogP contribution in [0.1, 0.15) is 10.4 Å². The fourth-order valence-electron chi connectivity index (χ4n) is 2.31. The summed E-state index contributed by atoms with van der Waals surface area (Å²) < 4.78 is 5.14. The lowest BCUT2D eigenvalue weighted by atomic mass is 10.1. The maximum atomic E-state index is 12.1. The Bertz CT molecular complexity index is 884. The number of ether oxygens (including phenoxy) is 1. The molecule has 0 saturated carbocycles. The lowest BCUT2D eigenvalue weighted by Gasteiger charge is -2.07. The van der Waals surface area contributed by atoms with Crippen molar-refractivity contribution in [1.29, 1.82) is 0 Å². The van der Waals surface area contributed by atoms with Crippen LogP contribution in [0.5, 0.6) is 5.75 Å². The molecule has 0 aliphatic heterocycles. The van der Waals surface area contributed by atoms with Crippen LogP contribution in [0.15, 0.2) is 46.6 Å². The summed E-state index contributed by atoms with van der Waals surface area (Å²) >= 11 is 1.54. The van der Waals surface area contributed by atoms with Crippen LogP contribution in [-0.4, -0.2) is 18.0 Å². The Balaban J connectivity index is 1.73. The number of fused-ring (bicyclic) bond motifs is 1. The number of methoxy groups -OCH3 is 1. The summed E-state index contributed by atoms with van der Waals surface area (Å²) in [6.07, 6.45) is 0.334. The number of hydrogen-bond acceptors (Lipinski definition) is 4. The Labute approximate surface area is 136 Å². The second-order valence-corrected chi connectivity index (χ2v) is 6.14. The minimum Gasteiger partial charge on any atom is -0.497 e. The van der Waals surface area contributed by atoms with E-state index in [1.54, 1.807) is 30.6 Å². The summed E-state index contributed by atoms with van der Waals surface area (Å²) in [6, 6.07) is 11.1. The average molecular weight is 328 g/mol. The van der Waals surface area contributed by atoms with E-state index in [1.807, 2.05) is 29.6 Å². The fraction of sp³-hybridized carbons (Fsp3) is 0.176. The van der Waals surface area contributed by atoms with Crippen molar-refractivity contribution in [2.75, 3.05) is 7.11 Å². The van der Waals surface area contributed by atoms with Crippen LogP contribution in [0.25, 0.3) is 10.9 Å². The van der Waals surface area contributed by atoms with Gasteiger partial charge in [-0.25, -0.2) is 0 Å². The number of pyridine rings is 1. The summed E-state index contributed by atoms with van der Waals surface area (Å²) in [6.45, 7) is 0.210. The van der Waals surface area contributed by atoms with Gasteiger partial charge in [0.1, 0.15) is 5.75 Å². The number of aromatic amines is 1. The Morgan fingerprint density at radius 2 is 2.17 bits per heavy atom. The molecule has 0 spiro atoms. The molecule has 0 unspecified atom stereocenters. The number of rotatable bonds is 5. The summed E-state index contributed by atoms with van der Waals surface area (Å²) in [4.78, 5) is 27.8. The molecule has 0 aliphatic rings. The number of amides is 1. The van der Waals surface area contributed by atoms with Gasteiger partial charge in [-0.2, -0.15) is 0 Å². The highest BCUT2D eigenvalue weighted by atomic mass is 32.1. The molecule has 0 aliphatic carbocycles. The quantitative estimate of drug-likeness (QED) is 0.756. The molecule has 6 heteroatoms. The fourth-order valence-corrected chi connectivity index (χ4v) is 3.01. The molecule has 0 saturated heterocycles. The second kappa shape index (κ2) is 6.66. The van der Waals surface area contributed by atoms with E-state index in [0.717, 1.165) is 10.3 Å². The van der Waals surface area contributed by atoms with Gasteiger partial charge in [0.05, 0.1) is 19.0 Å². The topological polar surface area (TPSA) is 71.2 Å². The van der Waals surface area contributed by atoms with Gasteiger partial charge in [-0.05, 0) is 35.0 Å². The van der Waals surface area contributed by atoms with E-state index in [1.165, 1.54) is 0 Å². The van der Waals surface area contributed by atoms with Gasteiger partial charge >= 0.3 is 0 Å². The molecular weight excluding hydrogens is 312 g/mol. The maximum absolute atomic E-state index is 12.1. The molecule has 0 fully saturated rings. The van der Waals surface area contributed by atoms with Crippen molar-refractivity contribution in [2.45, 2.75) is 13.0 Å². The van der Waals surface area contributed by atoms with Crippen LogP contribution in [0.2, 0.25) is 0 Å². The molecule has 118 valence electrons. The first kappa shape index (κ1) is 15.3. The Morgan fingerprint density at radius 3 is 2.91 bits per heavy atom. The third-order valence-corrected chi connectivity index (χ3v) is 4.40. The van der Waals surface area contributed by atoms with Gasteiger partial charge in [-0.15, -0.1) is 11.3 Å². The largest absolute Gasteiger partial charge is 0.497 e. The first-order valence-corrected chi connectivity index (χ1v) is 8.03. The smallest absolute Gasteiger partial charge is 0.253 e. The molecule has 1 aromatic carbocycles. The maximum Gasteiger partial charge on any atom is 0.253 e. The predicted octanol–water partition coefficient (Wildman–Crippen LogP) is 2.46. The molecule has 3 rings (SSSR count). The summed E-state index contributed by atoms with van der Waals surface area (Å²) in [5.74, 6) is 0.590. The Morgan fingerprint density at radius 1 is 1.30 bits per heavy atom. The van der Waals surface area contributed by atoms with Gasteiger partial charge in [0, 0.05) is 23.1 Å². The highest BCUT2D eigenvalue weighted by Gasteiger charge is 2.07. The molecule has 1 amide bonds. The first-order valence-electron chi connectivity index (χ1n) is 7.15. The lowest BCUT2D eigenvalue weighted by Crippen LogP contribution is -2.27. The molecule has 0 bridgehead atoms. The number of nitrogens with one attached hydrogen (secondary N) is 2. The number of benzene rings is 1. The summed E-state index contributed by atoms with van der Waals surface area (Å²) in [5.41, 5.74) is 1.03. The van der Waals surface area contributed by atoms with Crippen molar-refractivity contribution in [3.63, 3.8) is 0 Å². The van der Waals surface area contributed by atoms with Gasteiger partial charge < -0.3 is 15.0 Å². The van der Waals surface area contributed by atoms with Crippen molar-refractivity contribution in [2.24, 2.45) is 0 Å². The zero-order chi connectivity index (χ0) is 16.2. The van der Waals surface area contributed by atoms with Gasteiger partial charge in [-0.3, -0.25) is 9.59 Å². The van der Waals surface area contributed by atoms with Crippen LogP contribution >= 0.6 is 11.3 Å². The molecule has 23 heavy (non-hydrogen) atoms. The standard InChI is InChI=1S/C17H16N2O3S/c1-22-13-5-4-11-7-12(17(21)19-15(11)8-13)10-18-16(20)9-14-3-2-6-23-14/h2-8H,9-10H2,1H3,(H,18,20)(H,19,21). The van der Waals surface area contributed by atoms with Crippen molar-refractivity contribution in [3.05, 3.63) is 62.6 Å². The third-order valence-electron chi connectivity index (χ3n) is 3.52. The van der Waals surface area contributed by atoms with E-state index in [0.29, 0.717) is 23.3 Å². The molecule has 0 atom stereocenters. The molecule has 0 radical (unpaired) electrons. The van der Waals surface area contributed by atoms with E-state index in [9.17, 15) is 9.59 Å². The summed E-state index contributed by atoms with van der Waals surface area (Å²) in [7, 11) is 1.58. The zero-order valence-corrected chi connectivity index (χ0v) is 13.4. The third kappa shape index (κ3) is 3.60. The lowest BCUT2D eigenvalue weighted by molar-refractivity contribution is -0.120. The van der Waals surface area contributed by atoms with Crippen molar-refractivity contribution < 1.29 is 9.53 Å². The van der Waals surface area contributed by atoms with E-state index in [4.69, 9.17) is 4.74 Å². The van der Waals surface area contributed by atoms with Gasteiger partial charge in [0.15, 0.2) is 0 Å². The number of carbonyl (C=O) groups excluding carboxylic acids is 1. The second-order valence-electron chi connectivity index (χ2n) is 5.11. The SMILES string of the molecule is COc1ccc2cc(CNC(=O)Cc3cccs3)c(=O)[nH]c2c1. The number of carbonyl (C=O) groups is 1. The number of H-pyrrole nitrogens is 1. The van der Waals surface area contributed by atoms with Gasteiger partial charge in [-0.1, -0.05) is 6.07 Å². The van der Waals surface area contributed by atoms with Crippen LogP contribution in [0.4, 0.5) is 0 Å². The van der Waals surface area contributed by atoms with E-state index in [-0.39, 0.29) is 18.0 Å². The molecular formula is C17H16N2O3S. The van der Waals surface area contributed by atoms with Gasteiger partial charge in [0.2, 0.25) is 5.91 Å². The molecule has 2 aromatic heterocycles. The Kier molecular flexibility index (Phi) is 4.43. The van der Waals surface area contributed by atoms with Crippen molar-refractivity contribution in [1.82, 2.24) is 10.3 Å². The molecule has 2 heterocycles. The first-order chi connectivity index (χ1) is 11.2. The highest BCUT2D eigenvalue weighted by molar-refractivity contribution is 7.10. The molecule has 5 nitrogen and oxygen atoms in total. The highest BCUT2D eigenvalue weighted by Crippen LogP contribution is 2.18. The molecule has 3 aromatic rings. The van der Waals surface area contributed by atoms with Crippen LogP contribution in [-0.2, 0) is 17.8 Å². The number of hydrogen-bond donors (Lipinski definition) is 2. The van der Waals surface area contributed by atoms with E-state index in [2.05, 4.69) is 10.3 Å². The summed E-state index contributed by atoms with van der Waals surface area (Å²) in [5, 5.41) is 5.62. The normalized spacial score (nSPS) is 10.7. The molecule has 2 N–H and O–H groups in total. The van der Waals surface area contributed by atoms with Crippen LogP contribution < -0.4 is 15.6 Å². The van der Waals surface area contributed by atoms with Gasteiger partial charge in [0.25, 0.3) is 5.56 Å². The van der Waals surface area contributed by atoms with E-state index < -0.39 is 0 Å². The minimum atomic E-state index is -0.206.